The van der Waals surface area contributed by atoms with Crippen molar-refractivity contribution in [1.82, 2.24) is 5.32 Å². The molecule has 1 aromatic carbocycles. The minimum atomic E-state index is -0.975. The zero-order chi connectivity index (χ0) is 14.2. The van der Waals surface area contributed by atoms with E-state index in [1.165, 1.54) is 30.2 Å². The number of hydrogen-bond acceptors (Lipinski definition) is 3. The third kappa shape index (κ3) is 2.38. The van der Waals surface area contributed by atoms with Gasteiger partial charge in [0, 0.05) is 11.8 Å². The van der Waals surface area contributed by atoms with Gasteiger partial charge in [0.25, 0.3) is 5.91 Å². The van der Waals surface area contributed by atoms with Gasteiger partial charge in [0.05, 0.1) is 7.11 Å². The van der Waals surface area contributed by atoms with Gasteiger partial charge in [-0.1, -0.05) is 0 Å². The Labute approximate surface area is 110 Å². The van der Waals surface area contributed by atoms with Crippen molar-refractivity contribution in [1.29, 1.82) is 0 Å². The molecule has 0 radical (unpaired) electrons. The Morgan fingerprint density at radius 1 is 1.37 bits per heavy atom. The lowest BCUT2D eigenvalue weighted by Crippen LogP contribution is -2.64. The summed E-state index contributed by atoms with van der Waals surface area (Å²) < 4.78 is 18.2. The van der Waals surface area contributed by atoms with E-state index in [4.69, 9.17) is 4.74 Å². The molecule has 1 aliphatic rings. The van der Waals surface area contributed by atoms with Crippen LogP contribution in [0.15, 0.2) is 18.2 Å². The van der Waals surface area contributed by atoms with Crippen LogP contribution in [0.2, 0.25) is 0 Å². The number of methoxy groups -OCH3 is 1. The molecule has 102 valence electrons. The first-order valence-electron chi connectivity index (χ1n) is 5.81. The molecule has 0 aromatic heterocycles. The molecule has 1 N–H and O–H groups in total. The highest BCUT2D eigenvalue weighted by Gasteiger charge is 2.39. The average molecular weight is 266 g/mol. The van der Waals surface area contributed by atoms with Gasteiger partial charge in [-0.25, -0.2) is 4.39 Å². The summed E-state index contributed by atoms with van der Waals surface area (Å²) in [6, 6.07) is 4.06. The molecule has 1 heterocycles. The van der Waals surface area contributed by atoms with Crippen molar-refractivity contribution in [2.45, 2.75) is 19.4 Å². The van der Waals surface area contributed by atoms with Crippen molar-refractivity contribution in [3.8, 4) is 5.75 Å². The number of anilines is 1. The molecular formula is C13H15FN2O3. The second kappa shape index (κ2) is 4.53. The Morgan fingerprint density at radius 2 is 2.05 bits per heavy atom. The number of hydrogen-bond donors (Lipinski definition) is 1. The number of amides is 2. The summed E-state index contributed by atoms with van der Waals surface area (Å²) in [7, 11) is 1.34. The van der Waals surface area contributed by atoms with Crippen LogP contribution >= 0.6 is 0 Å². The predicted octanol–water partition coefficient (Wildman–Crippen LogP) is 1.08. The van der Waals surface area contributed by atoms with Gasteiger partial charge < -0.3 is 15.0 Å². The molecule has 0 bridgehead atoms. The van der Waals surface area contributed by atoms with Gasteiger partial charge in [-0.2, -0.15) is 0 Å². The highest BCUT2D eigenvalue weighted by atomic mass is 19.1. The van der Waals surface area contributed by atoms with E-state index < -0.39 is 11.4 Å². The summed E-state index contributed by atoms with van der Waals surface area (Å²) >= 11 is 0. The third-order valence-electron chi connectivity index (χ3n) is 2.98. The van der Waals surface area contributed by atoms with E-state index in [-0.39, 0.29) is 24.1 Å². The van der Waals surface area contributed by atoms with Crippen LogP contribution in [0, 0.1) is 5.82 Å². The summed E-state index contributed by atoms with van der Waals surface area (Å²) in [6.45, 7) is 3.16. The monoisotopic (exact) mass is 266 g/mol. The quantitative estimate of drug-likeness (QED) is 0.871. The Bertz CT molecular complexity index is 543. The van der Waals surface area contributed by atoms with E-state index >= 15 is 0 Å². The number of rotatable bonds is 2. The minimum Gasteiger partial charge on any atom is -0.494 e. The van der Waals surface area contributed by atoms with Crippen LogP contribution in [0.3, 0.4) is 0 Å². The molecule has 1 aromatic rings. The summed E-state index contributed by atoms with van der Waals surface area (Å²) in [5.74, 6) is -0.984. The lowest BCUT2D eigenvalue weighted by molar-refractivity contribution is -0.134. The number of carbonyl (C=O) groups is 2. The third-order valence-corrected chi connectivity index (χ3v) is 2.98. The van der Waals surface area contributed by atoms with Gasteiger partial charge in [-0.15, -0.1) is 0 Å². The number of benzene rings is 1. The zero-order valence-electron chi connectivity index (χ0n) is 11.0. The average Bonchev–Trinajstić information content (AvgIpc) is 2.34. The second-order valence-corrected chi connectivity index (χ2v) is 4.88. The molecule has 2 amide bonds. The van der Waals surface area contributed by atoms with Gasteiger partial charge >= 0.3 is 0 Å². The summed E-state index contributed by atoms with van der Waals surface area (Å²) in [5, 5.41) is 2.61. The fourth-order valence-electron chi connectivity index (χ4n) is 2.02. The van der Waals surface area contributed by atoms with E-state index in [1.54, 1.807) is 13.8 Å². The maximum absolute atomic E-state index is 13.4. The fourth-order valence-corrected chi connectivity index (χ4v) is 2.02. The molecule has 0 atom stereocenters. The second-order valence-electron chi connectivity index (χ2n) is 4.88. The maximum atomic E-state index is 13.4. The SMILES string of the molecule is COc1cc(N2CC(=O)NC(C)(C)C2=O)ccc1F. The Morgan fingerprint density at radius 3 is 2.68 bits per heavy atom. The predicted molar refractivity (Wildman–Crippen MR) is 67.5 cm³/mol. The number of halogens is 1. The van der Waals surface area contributed by atoms with E-state index in [9.17, 15) is 14.0 Å². The van der Waals surface area contributed by atoms with Gasteiger partial charge in [0.1, 0.15) is 12.1 Å². The first-order valence-corrected chi connectivity index (χ1v) is 5.81. The summed E-state index contributed by atoms with van der Waals surface area (Å²) in [6.07, 6.45) is 0. The van der Waals surface area contributed by atoms with E-state index in [1.807, 2.05) is 0 Å². The lowest BCUT2D eigenvalue weighted by atomic mass is 10.00. The Kier molecular flexibility index (Phi) is 3.18. The molecular weight excluding hydrogens is 251 g/mol. The molecule has 0 spiro atoms. The minimum absolute atomic E-state index is 0.0362. The van der Waals surface area contributed by atoms with Gasteiger partial charge in [0.15, 0.2) is 11.6 Å². The largest absolute Gasteiger partial charge is 0.494 e. The Hall–Kier alpha value is -2.11. The molecule has 6 heteroatoms. The first-order chi connectivity index (χ1) is 8.85. The molecule has 0 saturated carbocycles. The Balaban J connectivity index is 2.40. The molecule has 19 heavy (non-hydrogen) atoms. The van der Waals surface area contributed by atoms with Crippen molar-refractivity contribution in [2.24, 2.45) is 0 Å². The normalized spacial score (nSPS) is 18.2. The van der Waals surface area contributed by atoms with Crippen LogP contribution in [-0.2, 0) is 9.59 Å². The molecule has 0 unspecified atom stereocenters. The fraction of sp³-hybridized carbons (Fsp3) is 0.385. The number of piperazine rings is 1. The molecule has 0 aliphatic carbocycles. The standard InChI is InChI=1S/C13H15FN2O3/c1-13(2)12(18)16(7-11(17)15-13)8-4-5-9(14)10(6-8)19-3/h4-6H,7H2,1-3H3,(H,15,17). The highest BCUT2D eigenvalue weighted by Crippen LogP contribution is 2.27. The van der Waals surface area contributed by atoms with E-state index in [0.29, 0.717) is 5.69 Å². The van der Waals surface area contributed by atoms with Crippen molar-refractivity contribution < 1.29 is 18.7 Å². The lowest BCUT2D eigenvalue weighted by Gasteiger charge is -2.37. The smallest absolute Gasteiger partial charge is 0.252 e. The molecule has 1 aliphatic heterocycles. The van der Waals surface area contributed by atoms with Crippen LogP contribution in [-0.4, -0.2) is 31.0 Å². The van der Waals surface area contributed by atoms with Gasteiger partial charge in [-0.3, -0.25) is 9.59 Å². The molecule has 1 saturated heterocycles. The zero-order valence-corrected chi connectivity index (χ0v) is 11.0. The van der Waals surface area contributed by atoms with Crippen molar-refractivity contribution in [3.63, 3.8) is 0 Å². The first kappa shape index (κ1) is 13.3. The molecule has 5 nitrogen and oxygen atoms in total. The number of nitrogens with zero attached hydrogens (tertiary/aromatic N) is 1. The van der Waals surface area contributed by atoms with Gasteiger partial charge in [0.2, 0.25) is 5.91 Å². The number of nitrogens with one attached hydrogen (secondary N) is 1. The topological polar surface area (TPSA) is 58.6 Å². The van der Waals surface area contributed by atoms with Crippen LogP contribution < -0.4 is 15.0 Å². The van der Waals surface area contributed by atoms with Crippen LogP contribution in [0.5, 0.6) is 5.75 Å². The van der Waals surface area contributed by atoms with Crippen LogP contribution in [0.25, 0.3) is 0 Å². The van der Waals surface area contributed by atoms with Crippen molar-refractivity contribution >= 4 is 17.5 Å². The van der Waals surface area contributed by atoms with Crippen molar-refractivity contribution in [3.05, 3.63) is 24.0 Å². The number of ether oxygens (including phenoxy) is 1. The van der Waals surface area contributed by atoms with E-state index in [0.717, 1.165) is 0 Å². The van der Waals surface area contributed by atoms with Crippen molar-refractivity contribution in [2.75, 3.05) is 18.6 Å². The maximum Gasteiger partial charge on any atom is 0.252 e. The molecule has 2 rings (SSSR count). The number of carbonyl (C=O) groups excluding carboxylic acids is 2. The molecule has 1 fully saturated rings. The summed E-state index contributed by atoms with van der Waals surface area (Å²) in [5.41, 5.74) is -0.539. The highest BCUT2D eigenvalue weighted by molar-refractivity contribution is 6.08. The van der Waals surface area contributed by atoms with Crippen LogP contribution in [0.1, 0.15) is 13.8 Å². The summed E-state index contributed by atoms with van der Waals surface area (Å²) in [4.78, 5) is 25.2. The van der Waals surface area contributed by atoms with Gasteiger partial charge in [-0.05, 0) is 26.0 Å². The van der Waals surface area contributed by atoms with E-state index in [2.05, 4.69) is 5.32 Å². The van der Waals surface area contributed by atoms with Crippen LogP contribution in [0.4, 0.5) is 10.1 Å².